The van der Waals surface area contributed by atoms with Crippen LogP contribution in [0.1, 0.15) is 35.5 Å². The Hall–Kier alpha value is -2.43. The highest BCUT2D eigenvalue weighted by Gasteiger charge is 2.19. The number of anilines is 1. The van der Waals surface area contributed by atoms with Gasteiger partial charge in [0.25, 0.3) is 0 Å². The Balaban J connectivity index is 2.31. The van der Waals surface area contributed by atoms with E-state index in [1.807, 2.05) is 32.0 Å². The predicted octanol–water partition coefficient (Wildman–Crippen LogP) is 2.68. The normalized spacial score (nSPS) is 12.0. The average molecular weight is 299 g/mol. The minimum absolute atomic E-state index is 0.232. The van der Waals surface area contributed by atoms with Crippen molar-refractivity contribution in [3.63, 3.8) is 0 Å². The third-order valence-electron chi connectivity index (χ3n) is 3.91. The molecule has 0 saturated heterocycles. The molecule has 1 heterocycles. The third kappa shape index (κ3) is 3.08. The molecule has 1 atom stereocenters. The lowest BCUT2D eigenvalue weighted by Gasteiger charge is -2.18. The Kier molecular flexibility index (Phi) is 4.45. The van der Waals surface area contributed by atoms with Crippen LogP contribution in [-0.4, -0.2) is 15.5 Å². The van der Waals surface area contributed by atoms with Crippen molar-refractivity contribution in [3.05, 3.63) is 57.3 Å². The summed E-state index contributed by atoms with van der Waals surface area (Å²) in [5, 5.41) is 2.89. The second kappa shape index (κ2) is 6.13. The van der Waals surface area contributed by atoms with Crippen molar-refractivity contribution in [2.24, 2.45) is 0 Å². The number of benzene rings is 1. The first-order valence-corrected chi connectivity index (χ1v) is 7.25. The van der Waals surface area contributed by atoms with Gasteiger partial charge in [-0.1, -0.05) is 12.1 Å². The second-order valence-electron chi connectivity index (χ2n) is 5.60. The zero-order valence-electron chi connectivity index (χ0n) is 13.6. The molecule has 0 fully saturated rings. The topological polar surface area (TPSA) is 64.0 Å². The zero-order chi connectivity index (χ0) is 16.4. The van der Waals surface area contributed by atoms with Crippen molar-refractivity contribution in [1.29, 1.82) is 0 Å². The van der Waals surface area contributed by atoms with Gasteiger partial charge in [0, 0.05) is 17.1 Å². The lowest BCUT2D eigenvalue weighted by Crippen LogP contribution is -2.34. The summed E-state index contributed by atoms with van der Waals surface area (Å²) in [4.78, 5) is 28.4. The molecule has 5 heteroatoms. The highest BCUT2D eigenvalue weighted by atomic mass is 16.2. The first kappa shape index (κ1) is 15.9. The number of rotatable bonds is 3. The van der Waals surface area contributed by atoms with Crippen LogP contribution in [-0.2, 0) is 4.79 Å². The largest absolute Gasteiger partial charge is 0.348 e. The summed E-state index contributed by atoms with van der Waals surface area (Å²) in [6.07, 6.45) is 0. The van der Waals surface area contributed by atoms with Gasteiger partial charge in [0.2, 0.25) is 5.91 Å². The number of nitrogens with one attached hydrogen (secondary N) is 1. The summed E-state index contributed by atoms with van der Waals surface area (Å²) < 4.78 is 1.41. The van der Waals surface area contributed by atoms with Crippen molar-refractivity contribution >= 4 is 11.6 Å². The van der Waals surface area contributed by atoms with Gasteiger partial charge < -0.3 is 5.32 Å². The fraction of sp³-hybridized carbons (Fsp3) is 0.353. The van der Waals surface area contributed by atoms with E-state index in [1.165, 1.54) is 4.57 Å². The highest BCUT2D eigenvalue weighted by molar-refractivity contribution is 5.94. The van der Waals surface area contributed by atoms with Gasteiger partial charge in [0.15, 0.2) is 0 Å². The second-order valence-corrected chi connectivity index (χ2v) is 5.60. The quantitative estimate of drug-likeness (QED) is 0.947. The molecule has 0 radical (unpaired) electrons. The van der Waals surface area contributed by atoms with Crippen LogP contribution in [0.15, 0.2) is 29.1 Å². The van der Waals surface area contributed by atoms with Crippen LogP contribution in [0.2, 0.25) is 0 Å². The van der Waals surface area contributed by atoms with Crippen molar-refractivity contribution in [1.82, 2.24) is 9.55 Å². The van der Waals surface area contributed by atoms with E-state index in [0.29, 0.717) is 5.69 Å². The smallest absolute Gasteiger partial charge is 0.324 e. The van der Waals surface area contributed by atoms with Crippen molar-refractivity contribution in [2.75, 3.05) is 5.32 Å². The van der Waals surface area contributed by atoms with E-state index in [0.717, 1.165) is 22.5 Å². The molecule has 0 aliphatic rings. The van der Waals surface area contributed by atoms with Crippen LogP contribution >= 0.6 is 0 Å². The molecule has 2 rings (SSSR count). The Labute approximate surface area is 130 Å². The van der Waals surface area contributed by atoms with Gasteiger partial charge in [-0.15, -0.1) is 0 Å². The molecule has 0 aliphatic heterocycles. The number of hydrogen-bond donors (Lipinski definition) is 1. The SMILES string of the molecule is Cc1cc(C)n([C@H](C)C(=O)Nc2cccc(C)c2C)c(=O)n1. The molecule has 1 aromatic carbocycles. The fourth-order valence-corrected chi connectivity index (χ4v) is 2.47. The number of aromatic nitrogens is 2. The van der Waals surface area contributed by atoms with E-state index in [-0.39, 0.29) is 5.91 Å². The van der Waals surface area contributed by atoms with Crippen LogP contribution in [0.25, 0.3) is 0 Å². The number of aryl methyl sites for hydroxylation is 3. The van der Waals surface area contributed by atoms with E-state index in [2.05, 4.69) is 10.3 Å². The van der Waals surface area contributed by atoms with Crippen LogP contribution in [0.3, 0.4) is 0 Å². The summed E-state index contributed by atoms with van der Waals surface area (Å²) in [5.41, 5.74) is 3.87. The van der Waals surface area contributed by atoms with Crippen LogP contribution in [0.5, 0.6) is 0 Å². The summed E-state index contributed by atoms with van der Waals surface area (Å²) in [7, 11) is 0. The number of hydrogen-bond acceptors (Lipinski definition) is 3. The fourth-order valence-electron chi connectivity index (χ4n) is 2.47. The Morgan fingerprint density at radius 1 is 1.23 bits per heavy atom. The monoisotopic (exact) mass is 299 g/mol. The van der Waals surface area contributed by atoms with Gasteiger partial charge in [-0.25, -0.2) is 4.79 Å². The summed E-state index contributed by atoms with van der Waals surface area (Å²) in [6.45, 7) is 9.22. The number of amides is 1. The molecule has 22 heavy (non-hydrogen) atoms. The number of carbonyl (C=O) groups is 1. The van der Waals surface area contributed by atoms with Crippen molar-refractivity contribution in [3.8, 4) is 0 Å². The van der Waals surface area contributed by atoms with Gasteiger partial charge in [-0.05, 0) is 57.9 Å². The van der Waals surface area contributed by atoms with Gasteiger partial charge in [0.05, 0.1) is 0 Å². The molecule has 0 saturated carbocycles. The molecule has 0 bridgehead atoms. The molecule has 2 aromatic rings. The van der Waals surface area contributed by atoms with Crippen molar-refractivity contribution in [2.45, 2.75) is 40.7 Å². The van der Waals surface area contributed by atoms with E-state index in [9.17, 15) is 9.59 Å². The van der Waals surface area contributed by atoms with Crippen molar-refractivity contribution < 1.29 is 4.79 Å². The maximum absolute atomic E-state index is 12.5. The van der Waals surface area contributed by atoms with Gasteiger partial charge >= 0.3 is 5.69 Å². The first-order chi connectivity index (χ1) is 10.3. The summed E-state index contributed by atoms with van der Waals surface area (Å²) in [6, 6.07) is 6.92. The maximum atomic E-state index is 12.5. The molecule has 0 aliphatic carbocycles. The van der Waals surface area contributed by atoms with Crippen LogP contribution < -0.4 is 11.0 Å². The number of nitrogens with zero attached hydrogens (tertiary/aromatic N) is 2. The summed E-state index contributed by atoms with van der Waals surface area (Å²) in [5.74, 6) is -0.232. The summed E-state index contributed by atoms with van der Waals surface area (Å²) >= 11 is 0. The zero-order valence-corrected chi connectivity index (χ0v) is 13.6. The third-order valence-corrected chi connectivity index (χ3v) is 3.91. The van der Waals surface area contributed by atoms with Gasteiger partial charge in [-0.3, -0.25) is 9.36 Å². The molecular formula is C17H21N3O2. The van der Waals surface area contributed by atoms with Crippen LogP contribution in [0.4, 0.5) is 5.69 Å². The van der Waals surface area contributed by atoms with E-state index in [4.69, 9.17) is 0 Å². The molecular weight excluding hydrogens is 278 g/mol. The lowest BCUT2D eigenvalue weighted by atomic mass is 10.1. The lowest BCUT2D eigenvalue weighted by molar-refractivity contribution is -0.118. The van der Waals surface area contributed by atoms with E-state index >= 15 is 0 Å². The van der Waals surface area contributed by atoms with E-state index in [1.54, 1.807) is 26.8 Å². The average Bonchev–Trinajstić information content (AvgIpc) is 2.42. The number of carbonyl (C=O) groups excluding carboxylic acids is 1. The molecule has 1 amide bonds. The Morgan fingerprint density at radius 2 is 1.91 bits per heavy atom. The van der Waals surface area contributed by atoms with Gasteiger partial charge in [0.1, 0.15) is 6.04 Å². The maximum Gasteiger partial charge on any atom is 0.348 e. The Bertz CT molecular complexity index is 778. The minimum atomic E-state index is -0.625. The standard InChI is InChI=1S/C17H21N3O2/c1-10-7-6-8-15(13(10)4)19-16(21)14(5)20-12(3)9-11(2)18-17(20)22/h6-9,14H,1-5H3,(H,19,21)/t14-/m1/s1. The minimum Gasteiger partial charge on any atom is -0.324 e. The predicted molar refractivity (Wildman–Crippen MR) is 87.2 cm³/mol. The molecule has 1 N–H and O–H groups in total. The molecule has 0 spiro atoms. The van der Waals surface area contributed by atoms with Gasteiger partial charge in [-0.2, -0.15) is 4.98 Å². The Morgan fingerprint density at radius 3 is 2.55 bits per heavy atom. The first-order valence-electron chi connectivity index (χ1n) is 7.25. The molecule has 116 valence electrons. The van der Waals surface area contributed by atoms with Crippen LogP contribution in [0, 0.1) is 27.7 Å². The highest BCUT2D eigenvalue weighted by Crippen LogP contribution is 2.19. The van der Waals surface area contributed by atoms with E-state index < -0.39 is 11.7 Å². The molecule has 5 nitrogen and oxygen atoms in total. The molecule has 0 unspecified atom stereocenters. The molecule has 1 aromatic heterocycles.